The van der Waals surface area contributed by atoms with Crippen LogP contribution in [0.3, 0.4) is 0 Å². The summed E-state index contributed by atoms with van der Waals surface area (Å²) in [5.74, 6) is -0.179. The molecule has 0 saturated heterocycles. The van der Waals surface area contributed by atoms with E-state index in [1.807, 2.05) is 20.8 Å². The zero-order chi connectivity index (χ0) is 15.4. The quantitative estimate of drug-likeness (QED) is 0.917. The number of nitrogens with zero attached hydrogens (tertiary/aromatic N) is 1. The molecular weight excluding hydrogens is 287 g/mol. The molecule has 2 aromatic rings. The number of aromatic nitrogens is 1. The van der Waals surface area contributed by atoms with E-state index in [1.54, 1.807) is 23.5 Å². The van der Waals surface area contributed by atoms with E-state index in [0.717, 1.165) is 27.6 Å². The van der Waals surface area contributed by atoms with Crippen LogP contribution in [0, 0.1) is 18.7 Å². The molecule has 1 aromatic heterocycles. The Labute approximate surface area is 128 Å². The van der Waals surface area contributed by atoms with Gasteiger partial charge in [0.2, 0.25) is 5.91 Å². The number of halogens is 1. The molecule has 0 aliphatic rings. The fraction of sp³-hybridized carbons (Fsp3) is 0.375. The number of amides is 1. The Hall–Kier alpha value is -1.75. The zero-order valence-corrected chi connectivity index (χ0v) is 13.3. The van der Waals surface area contributed by atoms with Gasteiger partial charge >= 0.3 is 0 Å². The first-order valence-electron chi connectivity index (χ1n) is 6.97. The molecule has 5 heteroatoms. The molecule has 1 N–H and O–H groups in total. The van der Waals surface area contributed by atoms with E-state index in [-0.39, 0.29) is 17.6 Å². The van der Waals surface area contributed by atoms with Crippen molar-refractivity contribution in [2.75, 3.05) is 6.54 Å². The van der Waals surface area contributed by atoms with Crippen LogP contribution >= 0.6 is 11.3 Å². The van der Waals surface area contributed by atoms with Crippen molar-refractivity contribution in [3.05, 3.63) is 40.7 Å². The molecular formula is C16H19FN2OS. The van der Waals surface area contributed by atoms with E-state index in [9.17, 15) is 9.18 Å². The van der Waals surface area contributed by atoms with Crippen molar-refractivity contribution in [2.45, 2.75) is 27.2 Å². The Morgan fingerprint density at radius 3 is 2.62 bits per heavy atom. The van der Waals surface area contributed by atoms with E-state index in [1.165, 1.54) is 12.1 Å². The number of thiazole rings is 1. The lowest BCUT2D eigenvalue weighted by molar-refractivity contribution is -0.123. The molecule has 0 aliphatic carbocycles. The van der Waals surface area contributed by atoms with Crippen LogP contribution in [0.2, 0.25) is 0 Å². The molecule has 0 atom stereocenters. The monoisotopic (exact) mass is 306 g/mol. The first-order valence-corrected chi connectivity index (χ1v) is 7.79. The second kappa shape index (κ2) is 6.80. The van der Waals surface area contributed by atoms with Crippen LogP contribution in [-0.4, -0.2) is 17.4 Å². The predicted octanol–water partition coefficient (Wildman–Crippen LogP) is 3.57. The summed E-state index contributed by atoms with van der Waals surface area (Å²) in [6.45, 7) is 6.33. The van der Waals surface area contributed by atoms with Gasteiger partial charge in [-0.3, -0.25) is 4.79 Å². The van der Waals surface area contributed by atoms with Crippen molar-refractivity contribution >= 4 is 17.2 Å². The number of hydrogen-bond donors (Lipinski definition) is 1. The van der Waals surface area contributed by atoms with Crippen LogP contribution in [0.5, 0.6) is 0 Å². The summed E-state index contributed by atoms with van der Waals surface area (Å²) >= 11 is 1.59. The van der Waals surface area contributed by atoms with E-state index in [4.69, 9.17) is 0 Å². The Morgan fingerprint density at radius 1 is 1.33 bits per heavy atom. The van der Waals surface area contributed by atoms with Crippen LogP contribution in [0.1, 0.15) is 24.4 Å². The molecule has 0 bridgehead atoms. The highest BCUT2D eigenvalue weighted by Crippen LogP contribution is 2.28. The summed E-state index contributed by atoms with van der Waals surface area (Å²) < 4.78 is 12.9. The highest BCUT2D eigenvalue weighted by Gasteiger charge is 2.11. The second-order valence-electron chi connectivity index (χ2n) is 5.23. The van der Waals surface area contributed by atoms with Gasteiger partial charge in [0.25, 0.3) is 0 Å². The summed E-state index contributed by atoms with van der Waals surface area (Å²) in [6.07, 6.45) is 0.767. The predicted molar refractivity (Wildman–Crippen MR) is 83.8 cm³/mol. The van der Waals surface area contributed by atoms with Gasteiger partial charge in [-0.25, -0.2) is 9.37 Å². The van der Waals surface area contributed by atoms with E-state index < -0.39 is 0 Å². The fourth-order valence-electron chi connectivity index (χ4n) is 1.88. The number of benzene rings is 1. The molecule has 1 aromatic carbocycles. The molecule has 0 radical (unpaired) electrons. The maximum absolute atomic E-state index is 12.9. The minimum Gasteiger partial charge on any atom is -0.356 e. The first kappa shape index (κ1) is 15.6. The second-order valence-corrected chi connectivity index (χ2v) is 6.31. The molecule has 3 nitrogen and oxygen atoms in total. The summed E-state index contributed by atoms with van der Waals surface area (Å²) in [5, 5.41) is 3.79. The Balaban J connectivity index is 2.02. The van der Waals surface area contributed by atoms with Gasteiger partial charge in [0.15, 0.2) is 0 Å². The minimum atomic E-state index is -0.247. The van der Waals surface area contributed by atoms with E-state index in [2.05, 4.69) is 10.3 Å². The van der Waals surface area contributed by atoms with Gasteiger partial charge in [0, 0.05) is 29.3 Å². The zero-order valence-electron chi connectivity index (χ0n) is 12.4. The van der Waals surface area contributed by atoms with Crippen LogP contribution in [0.25, 0.3) is 10.6 Å². The lowest BCUT2D eigenvalue weighted by Crippen LogP contribution is -2.29. The van der Waals surface area contributed by atoms with Crippen molar-refractivity contribution in [1.82, 2.24) is 10.3 Å². The third-order valence-corrected chi connectivity index (χ3v) is 4.43. The maximum atomic E-state index is 12.9. The number of carbonyl (C=O) groups is 1. The number of carbonyl (C=O) groups excluding carboxylic acids is 1. The Kier molecular flexibility index (Phi) is 5.07. The standard InChI is InChI=1S/C16H19FN2OS/c1-10(2)15(20)18-9-8-14-11(3)19-16(21-14)12-4-6-13(17)7-5-12/h4-7,10H,8-9H2,1-3H3,(H,18,20). The Morgan fingerprint density at radius 2 is 2.00 bits per heavy atom. The molecule has 21 heavy (non-hydrogen) atoms. The van der Waals surface area contributed by atoms with Crippen LogP contribution < -0.4 is 5.32 Å². The number of nitrogens with one attached hydrogen (secondary N) is 1. The SMILES string of the molecule is Cc1nc(-c2ccc(F)cc2)sc1CCNC(=O)C(C)C. The van der Waals surface area contributed by atoms with Crippen molar-refractivity contribution in [3.63, 3.8) is 0 Å². The van der Waals surface area contributed by atoms with Gasteiger partial charge in [-0.2, -0.15) is 0 Å². The lowest BCUT2D eigenvalue weighted by Gasteiger charge is -2.06. The molecule has 2 rings (SSSR count). The van der Waals surface area contributed by atoms with E-state index in [0.29, 0.717) is 6.54 Å². The third kappa shape index (κ3) is 4.11. The van der Waals surface area contributed by atoms with Crippen LogP contribution in [-0.2, 0) is 11.2 Å². The fourth-order valence-corrected chi connectivity index (χ4v) is 2.95. The van der Waals surface area contributed by atoms with Crippen molar-refractivity contribution in [1.29, 1.82) is 0 Å². The Bertz CT molecular complexity index is 620. The highest BCUT2D eigenvalue weighted by molar-refractivity contribution is 7.15. The minimum absolute atomic E-state index is 0.00216. The maximum Gasteiger partial charge on any atom is 0.222 e. The van der Waals surface area contributed by atoms with Gasteiger partial charge in [-0.05, 0) is 31.2 Å². The van der Waals surface area contributed by atoms with Crippen LogP contribution in [0.4, 0.5) is 4.39 Å². The van der Waals surface area contributed by atoms with E-state index >= 15 is 0 Å². The van der Waals surface area contributed by atoms with Crippen LogP contribution in [0.15, 0.2) is 24.3 Å². The average Bonchev–Trinajstić information content (AvgIpc) is 2.81. The van der Waals surface area contributed by atoms with Gasteiger partial charge in [0.1, 0.15) is 10.8 Å². The largest absolute Gasteiger partial charge is 0.356 e. The topological polar surface area (TPSA) is 42.0 Å². The normalized spacial score (nSPS) is 10.9. The molecule has 0 fully saturated rings. The van der Waals surface area contributed by atoms with Crippen molar-refractivity contribution in [3.8, 4) is 10.6 Å². The van der Waals surface area contributed by atoms with Gasteiger partial charge in [-0.15, -0.1) is 11.3 Å². The van der Waals surface area contributed by atoms with Crippen molar-refractivity contribution < 1.29 is 9.18 Å². The van der Waals surface area contributed by atoms with Gasteiger partial charge < -0.3 is 5.32 Å². The molecule has 1 heterocycles. The summed E-state index contributed by atoms with van der Waals surface area (Å²) in [7, 11) is 0. The lowest BCUT2D eigenvalue weighted by atomic mass is 10.2. The molecule has 0 unspecified atom stereocenters. The summed E-state index contributed by atoms with van der Waals surface area (Å²) in [4.78, 5) is 17.2. The molecule has 0 saturated carbocycles. The molecule has 1 amide bonds. The molecule has 0 spiro atoms. The summed E-state index contributed by atoms with van der Waals surface area (Å²) in [6, 6.07) is 6.35. The summed E-state index contributed by atoms with van der Waals surface area (Å²) in [5.41, 5.74) is 1.89. The molecule has 112 valence electrons. The third-order valence-electron chi connectivity index (χ3n) is 3.16. The van der Waals surface area contributed by atoms with Gasteiger partial charge in [0.05, 0.1) is 5.69 Å². The number of aryl methyl sites for hydroxylation is 1. The molecule has 0 aliphatic heterocycles. The van der Waals surface area contributed by atoms with Crippen molar-refractivity contribution in [2.24, 2.45) is 5.92 Å². The number of hydrogen-bond acceptors (Lipinski definition) is 3. The first-order chi connectivity index (χ1) is 9.97. The smallest absolute Gasteiger partial charge is 0.222 e. The number of rotatable bonds is 5. The van der Waals surface area contributed by atoms with Gasteiger partial charge in [-0.1, -0.05) is 13.8 Å². The highest BCUT2D eigenvalue weighted by atomic mass is 32.1. The average molecular weight is 306 g/mol.